The summed E-state index contributed by atoms with van der Waals surface area (Å²) in [7, 11) is 0. The highest BCUT2D eigenvalue weighted by molar-refractivity contribution is 5.24. The van der Waals surface area contributed by atoms with Crippen LogP contribution in [0.4, 0.5) is 0 Å². The maximum atomic E-state index is 12.7. The van der Waals surface area contributed by atoms with Gasteiger partial charge in [0.15, 0.2) is 0 Å². The quantitative estimate of drug-likeness (QED) is 0.471. The van der Waals surface area contributed by atoms with Gasteiger partial charge in [0.1, 0.15) is 0 Å². The maximum absolute atomic E-state index is 12.7. The van der Waals surface area contributed by atoms with Crippen molar-refractivity contribution in [3.63, 3.8) is 0 Å². The molecule has 4 heteroatoms. The van der Waals surface area contributed by atoms with Crippen LogP contribution in [-0.2, 0) is 12.8 Å². The van der Waals surface area contributed by atoms with Gasteiger partial charge in [-0.2, -0.15) is 0 Å². The number of hydrogen-bond donors (Lipinski definition) is 2. The molecule has 154 valence electrons. The minimum Gasteiger partial charge on any atom is -0.330 e. The van der Waals surface area contributed by atoms with Crippen LogP contribution in [0.3, 0.4) is 0 Å². The normalized spacial score (nSPS) is 14.9. The third kappa shape index (κ3) is 7.42. The van der Waals surface area contributed by atoms with Crippen LogP contribution in [0.15, 0.2) is 16.9 Å². The van der Waals surface area contributed by atoms with E-state index in [1.807, 2.05) is 0 Å². The molecule has 1 aromatic rings. The Morgan fingerprint density at radius 2 is 1.33 bits per heavy atom. The van der Waals surface area contributed by atoms with Crippen molar-refractivity contribution in [3.8, 4) is 0 Å². The SMILES string of the molecule is NCCCCCCCCCC(CCCCN)n1c2c(ccc1=O)CCCC2. The van der Waals surface area contributed by atoms with Crippen LogP contribution < -0.4 is 17.0 Å². The molecule has 27 heavy (non-hydrogen) atoms. The lowest BCUT2D eigenvalue weighted by molar-refractivity contribution is 0.375. The summed E-state index contributed by atoms with van der Waals surface area (Å²) in [6.45, 7) is 1.57. The summed E-state index contributed by atoms with van der Waals surface area (Å²) >= 11 is 0. The molecule has 0 radical (unpaired) electrons. The Balaban J connectivity index is 1.93. The lowest BCUT2D eigenvalue weighted by Crippen LogP contribution is -2.30. The van der Waals surface area contributed by atoms with E-state index in [0.29, 0.717) is 6.04 Å². The van der Waals surface area contributed by atoms with Crippen LogP contribution in [-0.4, -0.2) is 17.7 Å². The molecule has 0 saturated heterocycles. The average Bonchev–Trinajstić information content (AvgIpc) is 2.69. The first-order valence-corrected chi connectivity index (χ1v) is 11.4. The van der Waals surface area contributed by atoms with Crippen LogP contribution in [0.5, 0.6) is 0 Å². The summed E-state index contributed by atoms with van der Waals surface area (Å²) in [5.74, 6) is 0. The van der Waals surface area contributed by atoms with Crippen molar-refractivity contribution in [1.82, 2.24) is 4.57 Å². The number of pyridine rings is 1. The highest BCUT2D eigenvalue weighted by Crippen LogP contribution is 2.27. The van der Waals surface area contributed by atoms with Crippen molar-refractivity contribution < 1.29 is 0 Å². The van der Waals surface area contributed by atoms with E-state index < -0.39 is 0 Å². The molecule has 0 aliphatic heterocycles. The van der Waals surface area contributed by atoms with Gasteiger partial charge in [-0.25, -0.2) is 0 Å². The number of rotatable bonds is 14. The number of unbranched alkanes of at least 4 members (excludes halogenated alkanes) is 7. The zero-order valence-electron chi connectivity index (χ0n) is 17.3. The Hall–Kier alpha value is -1.13. The summed E-state index contributed by atoms with van der Waals surface area (Å²) in [4.78, 5) is 12.7. The van der Waals surface area contributed by atoms with Crippen LogP contribution in [0.1, 0.15) is 101 Å². The van der Waals surface area contributed by atoms with Crippen LogP contribution in [0.2, 0.25) is 0 Å². The van der Waals surface area contributed by atoms with E-state index in [1.165, 1.54) is 62.6 Å². The number of aromatic nitrogens is 1. The summed E-state index contributed by atoms with van der Waals surface area (Å²) < 4.78 is 2.17. The first-order chi connectivity index (χ1) is 13.3. The minimum absolute atomic E-state index is 0.204. The zero-order valence-corrected chi connectivity index (χ0v) is 17.3. The smallest absolute Gasteiger partial charge is 0.250 e. The van der Waals surface area contributed by atoms with Crippen molar-refractivity contribution in [2.75, 3.05) is 13.1 Å². The molecule has 1 unspecified atom stereocenters. The van der Waals surface area contributed by atoms with Gasteiger partial charge in [-0.15, -0.1) is 0 Å². The fraction of sp³-hybridized carbons (Fsp3) is 0.783. The van der Waals surface area contributed by atoms with Gasteiger partial charge in [-0.05, 0) is 70.0 Å². The Labute approximate surface area is 165 Å². The van der Waals surface area contributed by atoms with E-state index in [2.05, 4.69) is 10.6 Å². The average molecular weight is 376 g/mol. The highest BCUT2D eigenvalue weighted by atomic mass is 16.1. The molecule has 1 heterocycles. The van der Waals surface area contributed by atoms with E-state index in [4.69, 9.17) is 11.5 Å². The Morgan fingerprint density at radius 3 is 2.04 bits per heavy atom. The number of nitrogens with two attached hydrogens (primary N) is 2. The Kier molecular flexibility index (Phi) is 10.8. The van der Waals surface area contributed by atoms with E-state index in [9.17, 15) is 4.79 Å². The van der Waals surface area contributed by atoms with Gasteiger partial charge in [-0.1, -0.05) is 51.0 Å². The molecular formula is C23H41N3O. The second-order valence-corrected chi connectivity index (χ2v) is 8.21. The third-order valence-corrected chi connectivity index (χ3v) is 6.03. The van der Waals surface area contributed by atoms with E-state index in [0.717, 1.165) is 58.0 Å². The molecule has 4 N–H and O–H groups in total. The lowest BCUT2D eigenvalue weighted by Gasteiger charge is -2.27. The van der Waals surface area contributed by atoms with Gasteiger partial charge >= 0.3 is 0 Å². The van der Waals surface area contributed by atoms with Crippen molar-refractivity contribution in [2.24, 2.45) is 11.5 Å². The highest BCUT2D eigenvalue weighted by Gasteiger charge is 2.20. The van der Waals surface area contributed by atoms with Gasteiger partial charge in [0.2, 0.25) is 0 Å². The summed E-state index contributed by atoms with van der Waals surface area (Å²) in [5.41, 5.74) is 14.2. The van der Waals surface area contributed by atoms with Crippen LogP contribution >= 0.6 is 0 Å². The number of nitrogens with zero attached hydrogens (tertiary/aromatic N) is 1. The van der Waals surface area contributed by atoms with E-state index in [-0.39, 0.29) is 5.56 Å². The molecule has 0 amide bonds. The zero-order chi connectivity index (χ0) is 19.3. The predicted octanol–water partition coefficient (Wildman–Crippen LogP) is 4.48. The summed E-state index contributed by atoms with van der Waals surface area (Å²) in [5, 5.41) is 0. The second-order valence-electron chi connectivity index (χ2n) is 8.21. The van der Waals surface area contributed by atoms with Gasteiger partial charge in [0.25, 0.3) is 5.56 Å². The molecular weight excluding hydrogens is 334 g/mol. The molecule has 1 aliphatic carbocycles. The molecule has 4 nitrogen and oxygen atoms in total. The first kappa shape index (κ1) is 22.2. The fourth-order valence-corrected chi connectivity index (χ4v) is 4.49. The van der Waals surface area contributed by atoms with E-state index in [1.54, 1.807) is 6.07 Å². The molecule has 0 spiro atoms. The monoisotopic (exact) mass is 375 g/mol. The number of hydrogen-bond acceptors (Lipinski definition) is 3. The lowest BCUT2D eigenvalue weighted by atomic mass is 9.93. The molecule has 0 bridgehead atoms. The standard InChI is InChI=1S/C23H41N3O/c24-18-10-5-3-1-2-4-6-13-21(14-9-11-19-25)26-22-15-8-7-12-20(22)16-17-23(26)27/h16-17,21H,1-15,18-19,24-25H2. The topological polar surface area (TPSA) is 74.0 Å². The van der Waals surface area contributed by atoms with Crippen LogP contribution in [0.25, 0.3) is 0 Å². The Morgan fingerprint density at radius 1 is 0.778 bits per heavy atom. The Bertz CT molecular complexity index is 581. The van der Waals surface area contributed by atoms with Gasteiger partial charge in [0.05, 0.1) is 0 Å². The molecule has 1 aliphatic rings. The number of aryl methyl sites for hydroxylation is 1. The largest absolute Gasteiger partial charge is 0.330 e. The minimum atomic E-state index is 0.204. The molecule has 2 rings (SSSR count). The van der Waals surface area contributed by atoms with Crippen LogP contribution in [0, 0.1) is 0 Å². The molecule has 0 aromatic carbocycles. The second kappa shape index (κ2) is 13.1. The van der Waals surface area contributed by atoms with Crippen molar-refractivity contribution in [2.45, 2.75) is 102 Å². The first-order valence-electron chi connectivity index (χ1n) is 11.4. The molecule has 0 fully saturated rings. The van der Waals surface area contributed by atoms with Gasteiger partial charge in [0, 0.05) is 17.8 Å². The van der Waals surface area contributed by atoms with Crippen molar-refractivity contribution in [3.05, 3.63) is 33.7 Å². The summed E-state index contributed by atoms with van der Waals surface area (Å²) in [6, 6.07) is 4.23. The predicted molar refractivity (Wildman–Crippen MR) is 115 cm³/mol. The van der Waals surface area contributed by atoms with Gasteiger partial charge in [-0.3, -0.25) is 4.79 Å². The molecule has 0 saturated carbocycles. The van der Waals surface area contributed by atoms with Crippen molar-refractivity contribution in [1.29, 1.82) is 0 Å². The van der Waals surface area contributed by atoms with Crippen molar-refractivity contribution >= 4 is 0 Å². The third-order valence-electron chi connectivity index (χ3n) is 6.03. The maximum Gasteiger partial charge on any atom is 0.250 e. The molecule has 1 atom stereocenters. The fourth-order valence-electron chi connectivity index (χ4n) is 4.49. The van der Waals surface area contributed by atoms with E-state index >= 15 is 0 Å². The number of fused-ring (bicyclic) bond motifs is 1. The molecule has 1 aromatic heterocycles. The van der Waals surface area contributed by atoms with Gasteiger partial charge < -0.3 is 16.0 Å². The summed E-state index contributed by atoms with van der Waals surface area (Å²) in [6.07, 6.45) is 17.9.